The summed E-state index contributed by atoms with van der Waals surface area (Å²) < 4.78 is 13.3. The van der Waals surface area contributed by atoms with Gasteiger partial charge in [-0.25, -0.2) is 4.39 Å². The van der Waals surface area contributed by atoms with Gasteiger partial charge in [-0.1, -0.05) is 30.3 Å². The van der Waals surface area contributed by atoms with Gasteiger partial charge in [0.25, 0.3) is 0 Å². The molecule has 0 heterocycles. The number of hydrogen-bond donors (Lipinski definition) is 1. The van der Waals surface area contributed by atoms with Crippen molar-refractivity contribution < 1.29 is 9.50 Å². The highest BCUT2D eigenvalue weighted by molar-refractivity contribution is 5.83. The molecule has 0 aliphatic heterocycles. The lowest BCUT2D eigenvalue weighted by atomic mass is 10.0. The predicted octanol–water partition coefficient (Wildman–Crippen LogP) is 2.90. The van der Waals surface area contributed by atoms with Crippen molar-refractivity contribution in [3.05, 3.63) is 47.8 Å². The maximum atomic E-state index is 13.3. The van der Waals surface area contributed by atoms with Gasteiger partial charge in [0, 0.05) is 12.0 Å². The molecular weight excluding hydrogens is 191 g/mol. The van der Waals surface area contributed by atoms with Crippen LogP contribution in [0.25, 0.3) is 10.8 Å². The number of benzene rings is 2. The zero-order chi connectivity index (χ0) is 10.7. The Kier molecular flexibility index (Phi) is 2.97. The summed E-state index contributed by atoms with van der Waals surface area (Å²) in [5.41, 5.74) is 1.14. The normalized spacial score (nSPS) is 10.8. The summed E-state index contributed by atoms with van der Waals surface area (Å²) in [5, 5.41) is 10.3. The molecule has 0 spiro atoms. The van der Waals surface area contributed by atoms with Crippen LogP contribution in [0.1, 0.15) is 12.0 Å². The van der Waals surface area contributed by atoms with E-state index in [1.807, 2.05) is 18.2 Å². The molecule has 2 rings (SSSR count). The minimum atomic E-state index is -0.179. The summed E-state index contributed by atoms with van der Waals surface area (Å²) >= 11 is 0. The van der Waals surface area contributed by atoms with E-state index < -0.39 is 0 Å². The minimum absolute atomic E-state index is 0.179. The summed E-state index contributed by atoms with van der Waals surface area (Å²) in [6.45, 7) is 0.196. The molecule has 0 saturated carbocycles. The highest BCUT2D eigenvalue weighted by Gasteiger charge is 2.00. The molecule has 2 heteroatoms. The molecule has 0 atom stereocenters. The highest BCUT2D eigenvalue weighted by atomic mass is 19.1. The lowest BCUT2D eigenvalue weighted by Gasteiger charge is -2.03. The Morgan fingerprint density at radius 3 is 2.80 bits per heavy atom. The second-order valence-electron chi connectivity index (χ2n) is 3.62. The summed E-state index contributed by atoms with van der Waals surface area (Å²) in [6.07, 6.45) is 1.59. The van der Waals surface area contributed by atoms with Crippen molar-refractivity contribution >= 4 is 10.8 Å². The fourth-order valence-corrected chi connectivity index (χ4v) is 1.73. The van der Waals surface area contributed by atoms with Crippen LogP contribution < -0.4 is 0 Å². The standard InChI is InChI=1S/C13H13FO/c14-13-5-1-4-11-9-10(3-2-8-15)6-7-12(11)13/h1,4-7,9,15H,2-3,8H2. The van der Waals surface area contributed by atoms with Gasteiger partial charge in [-0.15, -0.1) is 0 Å². The Hall–Kier alpha value is -1.41. The van der Waals surface area contributed by atoms with Crippen molar-refractivity contribution in [1.29, 1.82) is 0 Å². The molecular formula is C13H13FO. The smallest absolute Gasteiger partial charge is 0.131 e. The number of aryl methyl sites for hydroxylation is 1. The fraction of sp³-hybridized carbons (Fsp3) is 0.231. The fourth-order valence-electron chi connectivity index (χ4n) is 1.73. The van der Waals surface area contributed by atoms with E-state index in [1.165, 1.54) is 6.07 Å². The molecule has 1 nitrogen and oxygen atoms in total. The Labute approximate surface area is 88.2 Å². The number of fused-ring (bicyclic) bond motifs is 1. The third kappa shape index (κ3) is 2.16. The van der Waals surface area contributed by atoms with Crippen molar-refractivity contribution in [3.63, 3.8) is 0 Å². The molecule has 0 aromatic heterocycles. The van der Waals surface area contributed by atoms with Crippen molar-refractivity contribution in [2.75, 3.05) is 6.61 Å². The third-order valence-electron chi connectivity index (χ3n) is 2.52. The second-order valence-corrected chi connectivity index (χ2v) is 3.62. The van der Waals surface area contributed by atoms with Crippen LogP contribution in [0.5, 0.6) is 0 Å². The average Bonchev–Trinajstić information content (AvgIpc) is 2.26. The Bertz CT molecular complexity index is 465. The molecule has 0 aliphatic rings. The van der Waals surface area contributed by atoms with Gasteiger partial charge in [-0.2, -0.15) is 0 Å². The van der Waals surface area contributed by atoms with Crippen LogP contribution in [0.3, 0.4) is 0 Å². The highest BCUT2D eigenvalue weighted by Crippen LogP contribution is 2.19. The molecule has 0 saturated heterocycles. The van der Waals surface area contributed by atoms with E-state index in [2.05, 4.69) is 0 Å². The van der Waals surface area contributed by atoms with Crippen molar-refractivity contribution in [1.82, 2.24) is 0 Å². The maximum Gasteiger partial charge on any atom is 0.131 e. The maximum absolute atomic E-state index is 13.3. The molecule has 0 radical (unpaired) electrons. The molecule has 2 aromatic carbocycles. The Morgan fingerprint density at radius 1 is 1.13 bits per heavy atom. The van der Waals surface area contributed by atoms with Crippen LogP contribution in [0, 0.1) is 5.82 Å². The summed E-state index contributed by atoms with van der Waals surface area (Å²) in [5.74, 6) is -0.179. The number of aliphatic hydroxyl groups is 1. The quantitative estimate of drug-likeness (QED) is 0.815. The lowest BCUT2D eigenvalue weighted by Crippen LogP contribution is -1.89. The van der Waals surface area contributed by atoms with Gasteiger partial charge in [0.15, 0.2) is 0 Å². The molecule has 0 fully saturated rings. The van der Waals surface area contributed by atoms with Gasteiger partial charge in [0.2, 0.25) is 0 Å². The molecule has 2 aromatic rings. The van der Waals surface area contributed by atoms with E-state index in [4.69, 9.17) is 5.11 Å². The first kappa shape index (κ1) is 10.1. The number of halogens is 1. The van der Waals surface area contributed by atoms with Gasteiger partial charge in [0.05, 0.1) is 0 Å². The van der Waals surface area contributed by atoms with Gasteiger partial charge < -0.3 is 5.11 Å². The lowest BCUT2D eigenvalue weighted by molar-refractivity contribution is 0.288. The predicted molar refractivity (Wildman–Crippen MR) is 59.3 cm³/mol. The Balaban J connectivity index is 2.39. The number of aliphatic hydroxyl groups excluding tert-OH is 1. The summed E-state index contributed by atoms with van der Waals surface area (Å²) in [7, 11) is 0. The zero-order valence-corrected chi connectivity index (χ0v) is 8.41. The van der Waals surface area contributed by atoms with Crippen LogP contribution in [0.4, 0.5) is 4.39 Å². The van der Waals surface area contributed by atoms with Crippen molar-refractivity contribution in [2.45, 2.75) is 12.8 Å². The van der Waals surface area contributed by atoms with Crippen LogP contribution >= 0.6 is 0 Å². The van der Waals surface area contributed by atoms with E-state index in [9.17, 15) is 4.39 Å². The molecule has 0 aliphatic carbocycles. The first-order valence-corrected chi connectivity index (χ1v) is 5.09. The van der Waals surface area contributed by atoms with Crippen LogP contribution in [0.2, 0.25) is 0 Å². The summed E-state index contributed by atoms with van der Waals surface area (Å²) in [6, 6.07) is 10.8. The number of hydrogen-bond acceptors (Lipinski definition) is 1. The molecule has 0 amide bonds. The van der Waals surface area contributed by atoms with Gasteiger partial charge >= 0.3 is 0 Å². The monoisotopic (exact) mass is 204 g/mol. The summed E-state index contributed by atoms with van der Waals surface area (Å²) in [4.78, 5) is 0. The minimum Gasteiger partial charge on any atom is -0.396 e. The molecule has 0 unspecified atom stereocenters. The van der Waals surface area contributed by atoms with Gasteiger partial charge in [-0.3, -0.25) is 0 Å². The SMILES string of the molecule is OCCCc1ccc2c(F)cccc2c1. The van der Waals surface area contributed by atoms with Crippen LogP contribution in [-0.4, -0.2) is 11.7 Å². The van der Waals surface area contributed by atoms with Crippen molar-refractivity contribution in [2.24, 2.45) is 0 Å². The topological polar surface area (TPSA) is 20.2 Å². The number of rotatable bonds is 3. The van der Waals surface area contributed by atoms with E-state index in [-0.39, 0.29) is 12.4 Å². The van der Waals surface area contributed by atoms with Gasteiger partial charge in [-0.05, 0) is 29.9 Å². The van der Waals surface area contributed by atoms with E-state index in [0.717, 1.165) is 23.8 Å². The van der Waals surface area contributed by atoms with Crippen molar-refractivity contribution in [3.8, 4) is 0 Å². The first-order valence-electron chi connectivity index (χ1n) is 5.09. The molecule has 78 valence electrons. The van der Waals surface area contributed by atoms with E-state index in [0.29, 0.717) is 5.39 Å². The van der Waals surface area contributed by atoms with Crippen LogP contribution in [-0.2, 0) is 6.42 Å². The molecule has 15 heavy (non-hydrogen) atoms. The second kappa shape index (κ2) is 4.41. The molecule has 1 N–H and O–H groups in total. The first-order chi connectivity index (χ1) is 7.31. The average molecular weight is 204 g/mol. The largest absolute Gasteiger partial charge is 0.396 e. The third-order valence-corrected chi connectivity index (χ3v) is 2.52. The van der Waals surface area contributed by atoms with Gasteiger partial charge in [0.1, 0.15) is 5.82 Å². The zero-order valence-electron chi connectivity index (χ0n) is 8.41. The molecule has 0 bridgehead atoms. The van der Waals surface area contributed by atoms with E-state index >= 15 is 0 Å². The van der Waals surface area contributed by atoms with Crippen LogP contribution in [0.15, 0.2) is 36.4 Å². The van der Waals surface area contributed by atoms with E-state index in [1.54, 1.807) is 12.1 Å². The Morgan fingerprint density at radius 2 is 2.00 bits per heavy atom.